The Bertz CT molecular complexity index is 886. The van der Waals surface area contributed by atoms with Crippen molar-refractivity contribution in [3.8, 4) is 0 Å². The van der Waals surface area contributed by atoms with Crippen LogP contribution in [0.25, 0.3) is 0 Å². The minimum absolute atomic E-state index is 0.00201. The van der Waals surface area contributed by atoms with Crippen LogP contribution in [-0.4, -0.2) is 45.9 Å². The molecule has 0 aliphatic heterocycles. The first-order valence-corrected chi connectivity index (χ1v) is 12.4. The molecule has 0 aromatic heterocycles. The SMILES string of the molecule is [2H]C1([2H])C[C@]2(C)[C@H]3CC[C@]4(C)C(CC[C@@H]4C(C)CCC(=O)NCC(=O)O)C3C(O)C[C@H]2C([2H])([2H])[C@@H]1O. The first-order chi connectivity index (χ1) is 16.6. The lowest BCUT2D eigenvalue weighted by Gasteiger charge is -2.62. The van der Waals surface area contributed by atoms with Crippen LogP contribution >= 0.6 is 0 Å². The summed E-state index contributed by atoms with van der Waals surface area (Å²) in [5, 5.41) is 33.2. The molecule has 6 heteroatoms. The number of fused-ring (bicyclic) bond motifs is 5. The number of carbonyl (C=O) groups excluding carboxylic acids is 1. The Balaban J connectivity index is 1.52. The number of carbonyl (C=O) groups is 2. The fraction of sp³-hybridized carbons (Fsp3) is 0.923. The normalized spacial score (nSPS) is 51.5. The maximum Gasteiger partial charge on any atom is 0.322 e. The Morgan fingerprint density at radius 2 is 1.84 bits per heavy atom. The summed E-state index contributed by atoms with van der Waals surface area (Å²) >= 11 is 0. The van der Waals surface area contributed by atoms with Gasteiger partial charge in [-0.25, -0.2) is 0 Å². The molecule has 32 heavy (non-hydrogen) atoms. The van der Waals surface area contributed by atoms with E-state index >= 15 is 0 Å². The largest absolute Gasteiger partial charge is 0.480 e. The highest BCUT2D eigenvalue weighted by Crippen LogP contribution is 2.68. The highest BCUT2D eigenvalue weighted by Gasteiger charge is 2.62. The first kappa shape index (κ1) is 19.2. The second kappa shape index (κ2) is 8.90. The van der Waals surface area contributed by atoms with Gasteiger partial charge in [0.15, 0.2) is 0 Å². The van der Waals surface area contributed by atoms with E-state index in [1.54, 1.807) is 0 Å². The second-order valence-corrected chi connectivity index (χ2v) is 11.5. The smallest absolute Gasteiger partial charge is 0.322 e. The van der Waals surface area contributed by atoms with Crippen LogP contribution in [0.1, 0.15) is 90.4 Å². The van der Waals surface area contributed by atoms with E-state index in [-0.39, 0.29) is 60.8 Å². The number of aliphatic hydroxyl groups excluding tert-OH is 2. The summed E-state index contributed by atoms with van der Waals surface area (Å²) in [6, 6.07) is 0. The van der Waals surface area contributed by atoms with Crippen molar-refractivity contribution < 1.29 is 30.4 Å². The van der Waals surface area contributed by atoms with Crippen molar-refractivity contribution in [3.05, 3.63) is 0 Å². The van der Waals surface area contributed by atoms with Gasteiger partial charge in [0.1, 0.15) is 6.54 Å². The minimum atomic E-state index is -2.10. The molecule has 182 valence electrons. The number of amides is 1. The topological polar surface area (TPSA) is 107 Å². The maximum atomic E-state index is 12.1. The van der Waals surface area contributed by atoms with E-state index < -0.39 is 42.3 Å². The van der Waals surface area contributed by atoms with E-state index in [0.29, 0.717) is 12.3 Å². The van der Waals surface area contributed by atoms with E-state index in [2.05, 4.69) is 19.2 Å². The molecule has 4 aliphatic rings. The molecule has 4 unspecified atom stereocenters. The lowest BCUT2D eigenvalue weighted by Crippen LogP contribution is -2.58. The molecule has 4 saturated carbocycles. The summed E-state index contributed by atoms with van der Waals surface area (Å²) in [6.45, 7) is 6.09. The number of carboxylic acid groups (broad SMARTS) is 1. The Morgan fingerprint density at radius 3 is 2.56 bits per heavy atom. The lowest BCUT2D eigenvalue weighted by molar-refractivity contribution is -0.174. The molecule has 0 radical (unpaired) electrons. The third kappa shape index (κ3) is 4.11. The Morgan fingerprint density at radius 1 is 1.12 bits per heavy atom. The Kier molecular flexibility index (Phi) is 5.34. The second-order valence-electron chi connectivity index (χ2n) is 11.5. The molecule has 0 aromatic rings. The molecule has 4 aliphatic carbocycles. The van der Waals surface area contributed by atoms with Crippen molar-refractivity contribution >= 4 is 11.9 Å². The monoisotopic (exact) mass is 453 g/mol. The molecule has 4 rings (SSSR count). The van der Waals surface area contributed by atoms with Gasteiger partial charge in [0, 0.05) is 11.9 Å². The molecule has 4 N–H and O–H groups in total. The predicted octanol–water partition coefficient (Wildman–Crippen LogP) is 3.59. The number of rotatable bonds is 6. The van der Waals surface area contributed by atoms with Gasteiger partial charge in [-0.15, -0.1) is 0 Å². The summed E-state index contributed by atoms with van der Waals surface area (Å²) in [7, 11) is 0. The van der Waals surface area contributed by atoms with Crippen molar-refractivity contribution in [1.82, 2.24) is 5.32 Å². The van der Waals surface area contributed by atoms with E-state index in [4.69, 9.17) is 10.6 Å². The standard InChI is InChI=1S/C26H43NO5/c1-15(4-7-22(30)27-14-23(31)32)18-5-6-19-24-20(9-11-26(18,19)3)25(2)10-8-17(28)12-16(25)13-21(24)29/h15-21,24,28-29H,4-14H2,1-3H3,(H,27,30)(H,31,32)/t15?,16-,17-,18-,19?,20+,21?,24?,25+,26+/m1/s1/i8D2,12D2. The van der Waals surface area contributed by atoms with E-state index in [9.17, 15) is 19.8 Å². The molecule has 0 heterocycles. The molecule has 0 aromatic carbocycles. The first-order valence-electron chi connectivity index (χ1n) is 14.4. The zero-order valence-electron chi connectivity index (χ0n) is 23.6. The van der Waals surface area contributed by atoms with Crippen LogP contribution in [0.15, 0.2) is 0 Å². The molecule has 0 bridgehead atoms. The number of carboxylic acids is 1. The van der Waals surface area contributed by atoms with Gasteiger partial charge in [-0.2, -0.15) is 0 Å². The zero-order valence-corrected chi connectivity index (χ0v) is 19.6. The highest BCUT2D eigenvalue weighted by atomic mass is 16.4. The van der Waals surface area contributed by atoms with Gasteiger partial charge >= 0.3 is 5.97 Å². The average molecular weight is 454 g/mol. The van der Waals surface area contributed by atoms with Crippen LogP contribution < -0.4 is 5.32 Å². The molecule has 0 spiro atoms. The molecule has 6 nitrogen and oxygen atoms in total. The third-order valence-electron chi connectivity index (χ3n) is 9.96. The minimum Gasteiger partial charge on any atom is -0.480 e. The van der Waals surface area contributed by atoms with Crippen molar-refractivity contribution in [2.24, 2.45) is 46.3 Å². The zero-order chi connectivity index (χ0) is 26.8. The summed E-state index contributed by atoms with van der Waals surface area (Å²) in [5.74, 6) is -1.04. The molecule has 1 amide bonds. The summed E-state index contributed by atoms with van der Waals surface area (Å²) in [5.41, 5.74) is -0.655. The Hall–Kier alpha value is -1.14. The average Bonchev–Trinajstić information content (AvgIpc) is 3.13. The van der Waals surface area contributed by atoms with Gasteiger partial charge in [0.25, 0.3) is 0 Å². The van der Waals surface area contributed by atoms with E-state index in [1.807, 2.05) is 6.92 Å². The molecule has 0 saturated heterocycles. The van der Waals surface area contributed by atoms with Crippen molar-refractivity contribution in [2.75, 3.05) is 6.54 Å². The van der Waals surface area contributed by atoms with E-state index in [0.717, 1.165) is 25.7 Å². The van der Waals surface area contributed by atoms with Crippen LogP contribution in [-0.2, 0) is 9.59 Å². The van der Waals surface area contributed by atoms with Crippen molar-refractivity contribution in [1.29, 1.82) is 0 Å². The molecule has 4 fully saturated rings. The fourth-order valence-corrected chi connectivity index (χ4v) is 8.30. The van der Waals surface area contributed by atoms with Crippen LogP contribution in [0.5, 0.6) is 0 Å². The number of hydrogen-bond donors (Lipinski definition) is 4. The van der Waals surface area contributed by atoms with Gasteiger partial charge in [-0.05, 0) is 104 Å². The van der Waals surface area contributed by atoms with Gasteiger partial charge in [-0.1, -0.05) is 20.8 Å². The number of nitrogens with one attached hydrogen (secondary N) is 1. The van der Waals surface area contributed by atoms with Crippen molar-refractivity contribution in [3.63, 3.8) is 0 Å². The number of aliphatic hydroxyl groups is 2. The Labute approximate surface area is 198 Å². The fourth-order valence-electron chi connectivity index (χ4n) is 8.30. The quantitative estimate of drug-likeness (QED) is 0.492. The number of hydrogen-bond acceptors (Lipinski definition) is 4. The van der Waals surface area contributed by atoms with Crippen LogP contribution in [0, 0.1) is 46.3 Å². The van der Waals surface area contributed by atoms with Crippen LogP contribution in [0.3, 0.4) is 0 Å². The van der Waals surface area contributed by atoms with Crippen molar-refractivity contribution in [2.45, 2.75) is 97.1 Å². The van der Waals surface area contributed by atoms with Gasteiger partial charge < -0.3 is 20.6 Å². The molecule has 10 atom stereocenters. The summed E-state index contributed by atoms with van der Waals surface area (Å²) in [6.07, 6.45) is -1.53. The highest BCUT2D eigenvalue weighted by molar-refractivity contribution is 5.81. The van der Waals surface area contributed by atoms with Gasteiger partial charge in [0.2, 0.25) is 5.91 Å². The summed E-state index contributed by atoms with van der Waals surface area (Å²) in [4.78, 5) is 22.8. The lowest BCUT2D eigenvalue weighted by atomic mass is 9.43. The third-order valence-corrected chi connectivity index (χ3v) is 9.96. The van der Waals surface area contributed by atoms with Gasteiger partial charge in [-0.3, -0.25) is 9.59 Å². The maximum absolute atomic E-state index is 12.1. The van der Waals surface area contributed by atoms with Crippen LogP contribution in [0.4, 0.5) is 0 Å². The van der Waals surface area contributed by atoms with E-state index in [1.165, 1.54) is 0 Å². The molecular formula is C26H43NO5. The van der Waals surface area contributed by atoms with Gasteiger partial charge in [0.05, 0.1) is 12.2 Å². The molecular weight excluding hydrogens is 406 g/mol. The summed E-state index contributed by atoms with van der Waals surface area (Å²) < 4.78 is 34.2. The number of aliphatic carboxylic acids is 1. The predicted molar refractivity (Wildman–Crippen MR) is 122 cm³/mol. The van der Waals surface area contributed by atoms with Crippen LogP contribution in [0.2, 0.25) is 0 Å².